The first kappa shape index (κ1) is 10.1. The molecule has 1 amide bonds. The molecule has 4 heteroatoms. The van der Waals surface area contributed by atoms with E-state index < -0.39 is 0 Å². The maximum absolute atomic E-state index is 13.1. The number of amides is 1. The average Bonchev–Trinajstić information content (AvgIpc) is 2.93. The lowest BCUT2D eigenvalue weighted by atomic mass is 10.1. The van der Waals surface area contributed by atoms with Crippen molar-refractivity contribution in [1.82, 2.24) is 4.90 Å². The third-order valence-corrected chi connectivity index (χ3v) is 3.47. The molecular weight excluding hydrogens is 229 g/mol. The van der Waals surface area contributed by atoms with Crippen LogP contribution in [0.1, 0.15) is 28.8 Å². The fourth-order valence-electron chi connectivity index (χ4n) is 2.19. The summed E-state index contributed by atoms with van der Waals surface area (Å²) in [6, 6.07) is 2.62. The molecule has 1 aromatic carbocycles. The molecule has 0 N–H and O–H groups in total. The van der Waals surface area contributed by atoms with Gasteiger partial charge in [-0.1, -0.05) is 11.6 Å². The first-order chi connectivity index (χ1) is 7.65. The minimum Gasteiger partial charge on any atom is -0.334 e. The van der Waals surface area contributed by atoms with Crippen LogP contribution in [0.25, 0.3) is 0 Å². The number of hydrogen-bond acceptors (Lipinski definition) is 1. The van der Waals surface area contributed by atoms with Gasteiger partial charge in [-0.15, -0.1) is 0 Å². The molecule has 0 spiro atoms. The van der Waals surface area contributed by atoms with E-state index in [1.54, 1.807) is 4.90 Å². The smallest absolute Gasteiger partial charge is 0.256 e. The minimum atomic E-state index is -0.371. The summed E-state index contributed by atoms with van der Waals surface area (Å²) in [6.07, 6.45) is 2.39. The fraction of sp³-hybridized carbons (Fsp3) is 0.417. The van der Waals surface area contributed by atoms with Gasteiger partial charge in [0.15, 0.2) is 0 Å². The van der Waals surface area contributed by atoms with Gasteiger partial charge in [-0.05, 0) is 36.5 Å². The number of halogens is 2. The van der Waals surface area contributed by atoms with Gasteiger partial charge in [0.25, 0.3) is 5.91 Å². The Morgan fingerprint density at radius 2 is 2.19 bits per heavy atom. The standard InChI is InChI=1S/C12H11ClFNO/c13-10-4-9(14)3-8-6-15(5-7-1-2-7)12(16)11(8)10/h3-4,7H,1-2,5-6H2. The summed E-state index contributed by atoms with van der Waals surface area (Å²) in [5, 5.41) is 0.235. The van der Waals surface area contributed by atoms with Crippen molar-refractivity contribution in [3.8, 4) is 0 Å². The number of nitrogens with zero attached hydrogens (tertiary/aromatic N) is 1. The molecule has 0 unspecified atom stereocenters. The molecule has 1 saturated carbocycles. The summed E-state index contributed by atoms with van der Waals surface area (Å²) < 4.78 is 13.1. The lowest BCUT2D eigenvalue weighted by molar-refractivity contribution is 0.0771. The fourth-order valence-corrected chi connectivity index (χ4v) is 2.49. The van der Waals surface area contributed by atoms with Crippen molar-refractivity contribution in [2.45, 2.75) is 19.4 Å². The minimum absolute atomic E-state index is 0.0492. The normalized spacial score (nSPS) is 19.1. The van der Waals surface area contributed by atoms with E-state index in [9.17, 15) is 9.18 Å². The third kappa shape index (κ3) is 1.59. The molecule has 1 aliphatic carbocycles. The quantitative estimate of drug-likeness (QED) is 0.777. The average molecular weight is 240 g/mol. The highest BCUT2D eigenvalue weighted by molar-refractivity contribution is 6.34. The maximum atomic E-state index is 13.1. The topological polar surface area (TPSA) is 20.3 Å². The molecule has 1 aliphatic heterocycles. The predicted molar refractivity (Wildman–Crippen MR) is 58.9 cm³/mol. The second-order valence-electron chi connectivity index (χ2n) is 4.55. The molecule has 84 valence electrons. The zero-order valence-corrected chi connectivity index (χ0v) is 9.43. The lowest BCUT2D eigenvalue weighted by Gasteiger charge is -2.14. The number of benzene rings is 1. The Hall–Kier alpha value is -1.09. The van der Waals surface area contributed by atoms with Crippen LogP contribution >= 0.6 is 11.6 Å². The van der Waals surface area contributed by atoms with Crippen molar-refractivity contribution in [2.75, 3.05) is 6.54 Å². The molecule has 0 saturated heterocycles. The van der Waals surface area contributed by atoms with Gasteiger partial charge in [-0.2, -0.15) is 0 Å². The monoisotopic (exact) mass is 239 g/mol. The van der Waals surface area contributed by atoms with Crippen molar-refractivity contribution >= 4 is 17.5 Å². The Kier molecular flexibility index (Phi) is 2.18. The molecule has 1 heterocycles. The molecular formula is C12H11ClFNO. The van der Waals surface area contributed by atoms with Crippen molar-refractivity contribution in [3.63, 3.8) is 0 Å². The van der Waals surface area contributed by atoms with E-state index in [0.717, 1.165) is 12.1 Å². The highest BCUT2D eigenvalue weighted by Gasteiger charge is 2.34. The number of carbonyl (C=O) groups is 1. The van der Waals surface area contributed by atoms with E-state index in [2.05, 4.69) is 0 Å². The molecule has 1 fully saturated rings. The maximum Gasteiger partial charge on any atom is 0.256 e. The van der Waals surface area contributed by atoms with Crippen LogP contribution in [-0.4, -0.2) is 17.4 Å². The summed E-state index contributed by atoms with van der Waals surface area (Å²) in [7, 11) is 0. The van der Waals surface area contributed by atoms with E-state index in [0.29, 0.717) is 18.0 Å². The molecule has 0 bridgehead atoms. The third-order valence-electron chi connectivity index (χ3n) is 3.17. The Bertz CT molecular complexity index is 470. The second-order valence-corrected chi connectivity index (χ2v) is 4.96. The lowest BCUT2D eigenvalue weighted by Crippen LogP contribution is -2.26. The molecule has 2 aliphatic rings. The molecule has 0 atom stereocenters. The largest absolute Gasteiger partial charge is 0.334 e. The van der Waals surface area contributed by atoms with Crippen LogP contribution in [0.3, 0.4) is 0 Å². The predicted octanol–water partition coefficient (Wildman–Crippen LogP) is 2.84. The molecule has 2 nitrogen and oxygen atoms in total. The van der Waals surface area contributed by atoms with Crippen LogP contribution in [0, 0.1) is 11.7 Å². The Morgan fingerprint density at radius 3 is 2.88 bits per heavy atom. The van der Waals surface area contributed by atoms with Crippen LogP contribution in [0.4, 0.5) is 4.39 Å². The van der Waals surface area contributed by atoms with E-state index >= 15 is 0 Å². The molecule has 0 aromatic heterocycles. The van der Waals surface area contributed by atoms with Gasteiger partial charge in [0.2, 0.25) is 0 Å². The number of rotatable bonds is 2. The second kappa shape index (κ2) is 3.45. The van der Waals surface area contributed by atoms with Crippen LogP contribution in [0.5, 0.6) is 0 Å². The summed E-state index contributed by atoms with van der Waals surface area (Å²) in [6.45, 7) is 1.29. The number of hydrogen-bond donors (Lipinski definition) is 0. The van der Waals surface area contributed by atoms with Crippen molar-refractivity contribution in [2.24, 2.45) is 5.92 Å². The molecule has 3 rings (SSSR count). The van der Waals surface area contributed by atoms with Gasteiger partial charge in [0.1, 0.15) is 5.82 Å². The highest BCUT2D eigenvalue weighted by atomic mass is 35.5. The van der Waals surface area contributed by atoms with Gasteiger partial charge in [0.05, 0.1) is 10.6 Å². The summed E-state index contributed by atoms with van der Waals surface area (Å²) in [4.78, 5) is 13.8. The SMILES string of the molecule is O=C1c2c(Cl)cc(F)cc2CN1CC1CC1. The van der Waals surface area contributed by atoms with Gasteiger partial charge < -0.3 is 4.90 Å². The zero-order valence-electron chi connectivity index (χ0n) is 8.67. The van der Waals surface area contributed by atoms with Crippen LogP contribution < -0.4 is 0 Å². The number of fused-ring (bicyclic) bond motifs is 1. The first-order valence-electron chi connectivity index (χ1n) is 5.42. The van der Waals surface area contributed by atoms with E-state index in [1.807, 2.05) is 0 Å². The van der Waals surface area contributed by atoms with Gasteiger partial charge in [0, 0.05) is 13.1 Å². The Labute approximate surface area is 98.0 Å². The molecule has 0 radical (unpaired) electrons. The van der Waals surface area contributed by atoms with Gasteiger partial charge in [-0.3, -0.25) is 4.79 Å². The van der Waals surface area contributed by atoms with Crippen molar-refractivity contribution in [3.05, 3.63) is 34.1 Å². The van der Waals surface area contributed by atoms with Crippen molar-refractivity contribution in [1.29, 1.82) is 0 Å². The van der Waals surface area contributed by atoms with Gasteiger partial charge in [-0.25, -0.2) is 4.39 Å². The van der Waals surface area contributed by atoms with Crippen LogP contribution in [0.15, 0.2) is 12.1 Å². The summed E-state index contributed by atoms with van der Waals surface area (Å²) in [5.74, 6) is 0.221. The van der Waals surface area contributed by atoms with Gasteiger partial charge >= 0.3 is 0 Å². The van der Waals surface area contributed by atoms with Crippen LogP contribution in [0.2, 0.25) is 5.02 Å². The van der Waals surface area contributed by atoms with E-state index in [4.69, 9.17) is 11.6 Å². The van der Waals surface area contributed by atoms with E-state index in [1.165, 1.54) is 25.0 Å². The number of carbonyl (C=O) groups excluding carboxylic acids is 1. The first-order valence-corrected chi connectivity index (χ1v) is 5.80. The highest BCUT2D eigenvalue weighted by Crippen LogP contribution is 2.35. The van der Waals surface area contributed by atoms with Crippen molar-refractivity contribution < 1.29 is 9.18 Å². The molecule has 16 heavy (non-hydrogen) atoms. The zero-order chi connectivity index (χ0) is 11.3. The molecule has 1 aromatic rings. The Balaban J connectivity index is 1.93. The summed E-state index contributed by atoms with van der Waals surface area (Å²) in [5.41, 5.74) is 1.21. The van der Waals surface area contributed by atoms with Crippen LogP contribution in [-0.2, 0) is 6.54 Å². The van der Waals surface area contributed by atoms with E-state index in [-0.39, 0.29) is 16.7 Å². The summed E-state index contributed by atoms with van der Waals surface area (Å²) >= 11 is 5.90. The Morgan fingerprint density at radius 1 is 1.44 bits per heavy atom.